The first-order valence-corrected chi connectivity index (χ1v) is 4.95. The molecular formula is C9H10N2OS. The molecule has 0 saturated carbocycles. The van der Waals surface area contributed by atoms with Crippen LogP contribution in [0.5, 0.6) is 0 Å². The zero-order chi connectivity index (χ0) is 9.10. The molecule has 0 amide bonds. The van der Waals surface area contributed by atoms with Crippen molar-refractivity contribution in [3.63, 3.8) is 0 Å². The van der Waals surface area contributed by atoms with Crippen LogP contribution >= 0.6 is 11.3 Å². The highest BCUT2D eigenvalue weighted by molar-refractivity contribution is 7.07. The van der Waals surface area contributed by atoms with Crippen LogP contribution in [-0.4, -0.2) is 4.98 Å². The molecule has 0 aromatic carbocycles. The van der Waals surface area contributed by atoms with Crippen molar-refractivity contribution in [2.45, 2.75) is 12.5 Å². The molecule has 1 unspecified atom stereocenters. The third-order valence-corrected chi connectivity index (χ3v) is 2.47. The minimum atomic E-state index is -0.0242. The van der Waals surface area contributed by atoms with E-state index in [4.69, 9.17) is 10.2 Å². The molecule has 0 radical (unpaired) electrons. The first kappa shape index (κ1) is 8.47. The Morgan fingerprint density at radius 1 is 1.62 bits per heavy atom. The lowest BCUT2D eigenvalue weighted by Crippen LogP contribution is -2.13. The maximum atomic E-state index is 5.93. The molecule has 3 nitrogen and oxygen atoms in total. The summed E-state index contributed by atoms with van der Waals surface area (Å²) in [5.41, 5.74) is 9.79. The van der Waals surface area contributed by atoms with Gasteiger partial charge in [0.15, 0.2) is 0 Å². The van der Waals surface area contributed by atoms with Gasteiger partial charge in [0, 0.05) is 5.38 Å². The minimum Gasteiger partial charge on any atom is -0.472 e. The van der Waals surface area contributed by atoms with E-state index in [-0.39, 0.29) is 6.04 Å². The SMILES string of the molecule is NC(Cc1ccoc1)c1cscn1. The van der Waals surface area contributed by atoms with Gasteiger partial charge < -0.3 is 10.2 Å². The highest BCUT2D eigenvalue weighted by Crippen LogP contribution is 2.15. The number of nitrogens with two attached hydrogens (primary N) is 1. The van der Waals surface area contributed by atoms with Gasteiger partial charge in [0.2, 0.25) is 0 Å². The molecule has 0 bridgehead atoms. The number of rotatable bonds is 3. The Hall–Kier alpha value is -1.13. The number of thiazole rings is 1. The van der Waals surface area contributed by atoms with Gasteiger partial charge in [-0.15, -0.1) is 11.3 Å². The van der Waals surface area contributed by atoms with Crippen LogP contribution < -0.4 is 5.73 Å². The van der Waals surface area contributed by atoms with E-state index in [0.29, 0.717) is 0 Å². The van der Waals surface area contributed by atoms with Gasteiger partial charge in [0.1, 0.15) is 0 Å². The van der Waals surface area contributed by atoms with Crippen LogP contribution in [0.2, 0.25) is 0 Å². The van der Waals surface area contributed by atoms with Crippen molar-refractivity contribution in [3.8, 4) is 0 Å². The van der Waals surface area contributed by atoms with E-state index < -0.39 is 0 Å². The van der Waals surface area contributed by atoms with Gasteiger partial charge in [-0.25, -0.2) is 4.98 Å². The van der Waals surface area contributed by atoms with Crippen molar-refractivity contribution in [2.75, 3.05) is 0 Å². The van der Waals surface area contributed by atoms with Crippen LogP contribution in [-0.2, 0) is 6.42 Å². The Bertz CT molecular complexity index is 342. The normalized spacial score (nSPS) is 13.0. The fourth-order valence-electron chi connectivity index (χ4n) is 1.17. The molecule has 0 aliphatic carbocycles. The average molecular weight is 194 g/mol. The summed E-state index contributed by atoms with van der Waals surface area (Å²) < 4.78 is 4.96. The summed E-state index contributed by atoms with van der Waals surface area (Å²) in [5.74, 6) is 0. The third kappa shape index (κ3) is 1.96. The van der Waals surface area contributed by atoms with Crippen molar-refractivity contribution < 1.29 is 4.42 Å². The van der Waals surface area contributed by atoms with E-state index in [9.17, 15) is 0 Å². The van der Waals surface area contributed by atoms with E-state index in [1.165, 1.54) is 0 Å². The second-order valence-corrected chi connectivity index (χ2v) is 3.57. The summed E-state index contributed by atoms with van der Waals surface area (Å²) in [5, 5.41) is 1.98. The summed E-state index contributed by atoms with van der Waals surface area (Å²) in [6, 6.07) is 1.90. The molecular weight excluding hydrogens is 184 g/mol. The number of nitrogens with zero attached hydrogens (tertiary/aromatic N) is 1. The Balaban J connectivity index is 2.04. The molecule has 0 aliphatic heterocycles. The van der Waals surface area contributed by atoms with Crippen molar-refractivity contribution in [3.05, 3.63) is 40.7 Å². The molecule has 4 heteroatoms. The molecule has 0 saturated heterocycles. The monoisotopic (exact) mass is 194 g/mol. The van der Waals surface area contributed by atoms with E-state index in [0.717, 1.165) is 17.7 Å². The van der Waals surface area contributed by atoms with E-state index in [1.54, 1.807) is 29.4 Å². The highest BCUT2D eigenvalue weighted by Gasteiger charge is 2.09. The maximum Gasteiger partial charge on any atom is 0.0935 e. The molecule has 2 aromatic rings. The van der Waals surface area contributed by atoms with Crippen molar-refractivity contribution >= 4 is 11.3 Å². The molecule has 0 fully saturated rings. The first-order chi connectivity index (χ1) is 6.36. The van der Waals surface area contributed by atoms with Gasteiger partial charge >= 0.3 is 0 Å². The van der Waals surface area contributed by atoms with Crippen LogP contribution in [0.15, 0.2) is 33.9 Å². The highest BCUT2D eigenvalue weighted by atomic mass is 32.1. The van der Waals surface area contributed by atoms with Gasteiger partial charge in [-0.05, 0) is 18.1 Å². The fourth-order valence-corrected chi connectivity index (χ4v) is 1.79. The van der Waals surface area contributed by atoms with E-state index in [1.807, 2.05) is 11.4 Å². The second-order valence-electron chi connectivity index (χ2n) is 2.86. The van der Waals surface area contributed by atoms with E-state index in [2.05, 4.69) is 4.98 Å². The minimum absolute atomic E-state index is 0.0242. The van der Waals surface area contributed by atoms with Crippen LogP contribution in [0.4, 0.5) is 0 Å². The van der Waals surface area contributed by atoms with Crippen molar-refractivity contribution in [1.29, 1.82) is 0 Å². The molecule has 2 aromatic heterocycles. The molecule has 13 heavy (non-hydrogen) atoms. The fraction of sp³-hybridized carbons (Fsp3) is 0.222. The summed E-state index contributed by atoms with van der Waals surface area (Å²) in [6.45, 7) is 0. The van der Waals surface area contributed by atoms with Crippen molar-refractivity contribution in [2.24, 2.45) is 5.73 Å². The topological polar surface area (TPSA) is 52.0 Å². The van der Waals surface area contributed by atoms with Crippen LogP contribution in [0, 0.1) is 0 Å². The predicted molar refractivity (Wildman–Crippen MR) is 51.5 cm³/mol. The van der Waals surface area contributed by atoms with E-state index >= 15 is 0 Å². The predicted octanol–water partition coefficient (Wildman–Crippen LogP) is 1.98. The standard InChI is InChI=1S/C9H10N2OS/c10-8(9-5-13-6-11-9)3-7-1-2-12-4-7/h1-2,4-6,8H,3,10H2. The Labute approximate surface area is 80.2 Å². The van der Waals surface area contributed by atoms with Gasteiger partial charge in [-0.3, -0.25) is 0 Å². The Morgan fingerprint density at radius 3 is 3.15 bits per heavy atom. The smallest absolute Gasteiger partial charge is 0.0935 e. The van der Waals surface area contributed by atoms with Gasteiger partial charge in [0.25, 0.3) is 0 Å². The second kappa shape index (κ2) is 3.72. The Kier molecular flexibility index (Phi) is 2.42. The van der Waals surface area contributed by atoms with Crippen LogP contribution in [0.3, 0.4) is 0 Å². The van der Waals surface area contributed by atoms with Crippen molar-refractivity contribution in [1.82, 2.24) is 4.98 Å². The molecule has 68 valence electrons. The number of hydrogen-bond acceptors (Lipinski definition) is 4. The number of furan rings is 1. The zero-order valence-corrected chi connectivity index (χ0v) is 7.83. The van der Waals surface area contributed by atoms with Gasteiger partial charge in [-0.1, -0.05) is 0 Å². The molecule has 0 spiro atoms. The summed E-state index contributed by atoms with van der Waals surface area (Å²) in [4.78, 5) is 4.16. The lowest BCUT2D eigenvalue weighted by atomic mass is 10.1. The largest absolute Gasteiger partial charge is 0.472 e. The summed E-state index contributed by atoms with van der Waals surface area (Å²) in [7, 11) is 0. The molecule has 2 heterocycles. The Morgan fingerprint density at radius 2 is 2.54 bits per heavy atom. The average Bonchev–Trinajstić information content (AvgIpc) is 2.74. The van der Waals surface area contributed by atoms with Crippen LogP contribution in [0.1, 0.15) is 17.3 Å². The lowest BCUT2D eigenvalue weighted by Gasteiger charge is -2.05. The first-order valence-electron chi connectivity index (χ1n) is 4.01. The van der Waals surface area contributed by atoms with Gasteiger partial charge in [-0.2, -0.15) is 0 Å². The molecule has 1 atom stereocenters. The summed E-state index contributed by atoms with van der Waals surface area (Å²) >= 11 is 1.57. The van der Waals surface area contributed by atoms with Crippen LogP contribution in [0.25, 0.3) is 0 Å². The number of aromatic nitrogens is 1. The van der Waals surface area contributed by atoms with Gasteiger partial charge in [0.05, 0.1) is 29.8 Å². The molecule has 0 aliphatic rings. The zero-order valence-electron chi connectivity index (χ0n) is 7.01. The summed E-state index contributed by atoms with van der Waals surface area (Å²) in [6.07, 6.45) is 4.15. The third-order valence-electron chi connectivity index (χ3n) is 1.87. The molecule has 2 rings (SSSR count). The maximum absolute atomic E-state index is 5.93. The lowest BCUT2D eigenvalue weighted by molar-refractivity contribution is 0.561. The number of hydrogen-bond donors (Lipinski definition) is 1. The quantitative estimate of drug-likeness (QED) is 0.812. The molecule has 2 N–H and O–H groups in total.